The fraction of sp³-hybridized carbons (Fsp3) is 0.750. The maximum atomic E-state index is 9.29. The van der Waals surface area contributed by atoms with Crippen molar-refractivity contribution in [1.82, 2.24) is 9.97 Å². The van der Waals surface area contributed by atoms with Crippen molar-refractivity contribution in [3.8, 4) is 0 Å². The molecule has 0 amide bonds. The van der Waals surface area contributed by atoms with Crippen LogP contribution in [0.25, 0.3) is 0 Å². The van der Waals surface area contributed by atoms with Gasteiger partial charge < -0.3 is 10.4 Å². The van der Waals surface area contributed by atoms with Gasteiger partial charge in [-0.2, -0.15) is 0 Å². The van der Waals surface area contributed by atoms with Crippen molar-refractivity contribution in [2.24, 2.45) is 5.41 Å². The van der Waals surface area contributed by atoms with Crippen LogP contribution in [0.2, 0.25) is 0 Å². The van der Waals surface area contributed by atoms with E-state index in [0.29, 0.717) is 0 Å². The number of hydrogen-bond acceptors (Lipinski definition) is 4. The SMILES string of the molecule is CC(C)(C)C(CCO)Nc1ncnc2c1CCCCC2. The molecular formula is C16H27N3O. The summed E-state index contributed by atoms with van der Waals surface area (Å²) in [6.45, 7) is 6.78. The second kappa shape index (κ2) is 6.53. The summed E-state index contributed by atoms with van der Waals surface area (Å²) in [7, 11) is 0. The Kier molecular flexibility index (Phi) is 4.97. The van der Waals surface area contributed by atoms with Crippen molar-refractivity contribution in [3.63, 3.8) is 0 Å². The third-order valence-corrected chi connectivity index (χ3v) is 4.15. The maximum Gasteiger partial charge on any atom is 0.133 e. The van der Waals surface area contributed by atoms with Gasteiger partial charge in [-0.05, 0) is 37.5 Å². The molecule has 112 valence electrons. The minimum atomic E-state index is 0.0886. The summed E-state index contributed by atoms with van der Waals surface area (Å²) >= 11 is 0. The van der Waals surface area contributed by atoms with Crippen LogP contribution in [0, 0.1) is 5.41 Å². The zero-order valence-electron chi connectivity index (χ0n) is 12.9. The Morgan fingerprint density at radius 3 is 2.65 bits per heavy atom. The van der Waals surface area contributed by atoms with E-state index in [4.69, 9.17) is 0 Å². The first-order valence-electron chi connectivity index (χ1n) is 7.72. The number of aryl methyl sites for hydroxylation is 1. The van der Waals surface area contributed by atoms with Crippen molar-refractivity contribution >= 4 is 5.82 Å². The van der Waals surface area contributed by atoms with Gasteiger partial charge in [0, 0.05) is 23.9 Å². The molecule has 0 spiro atoms. The lowest BCUT2D eigenvalue weighted by atomic mass is 9.85. The molecule has 1 atom stereocenters. The van der Waals surface area contributed by atoms with E-state index in [0.717, 1.165) is 25.1 Å². The Balaban J connectivity index is 2.24. The first kappa shape index (κ1) is 15.2. The molecule has 1 unspecified atom stereocenters. The molecule has 2 N–H and O–H groups in total. The molecule has 20 heavy (non-hydrogen) atoms. The molecule has 0 bridgehead atoms. The third kappa shape index (κ3) is 3.69. The largest absolute Gasteiger partial charge is 0.396 e. The van der Waals surface area contributed by atoms with E-state index in [1.54, 1.807) is 6.33 Å². The van der Waals surface area contributed by atoms with Crippen LogP contribution in [-0.4, -0.2) is 27.7 Å². The summed E-state index contributed by atoms with van der Waals surface area (Å²) in [5.74, 6) is 0.977. The molecule has 2 rings (SSSR count). The van der Waals surface area contributed by atoms with E-state index in [-0.39, 0.29) is 18.1 Å². The summed E-state index contributed by atoms with van der Waals surface area (Å²) in [5, 5.41) is 12.9. The van der Waals surface area contributed by atoms with Crippen molar-refractivity contribution < 1.29 is 5.11 Å². The van der Waals surface area contributed by atoms with Crippen LogP contribution in [0.15, 0.2) is 6.33 Å². The molecule has 1 aromatic rings. The molecule has 0 saturated heterocycles. The van der Waals surface area contributed by atoms with E-state index >= 15 is 0 Å². The molecule has 0 fully saturated rings. The standard InChI is InChI=1S/C16H27N3O/c1-16(2,3)14(9-10-20)19-15-12-7-5-4-6-8-13(12)17-11-18-15/h11,14,20H,4-10H2,1-3H3,(H,17,18,19). The van der Waals surface area contributed by atoms with Crippen molar-refractivity contribution in [2.75, 3.05) is 11.9 Å². The van der Waals surface area contributed by atoms with E-state index in [2.05, 4.69) is 36.1 Å². The smallest absolute Gasteiger partial charge is 0.133 e. The van der Waals surface area contributed by atoms with Crippen LogP contribution in [0.3, 0.4) is 0 Å². The fourth-order valence-corrected chi connectivity index (χ4v) is 2.84. The first-order valence-corrected chi connectivity index (χ1v) is 7.72. The van der Waals surface area contributed by atoms with Gasteiger partial charge in [-0.1, -0.05) is 27.2 Å². The molecule has 4 heteroatoms. The average molecular weight is 277 g/mol. The quantitative estimate of drug-likeness (QED) is 0.831. The summed E-state index contributed by atoms with van der Waals surface area (Å²) in [4.78, 5) is 8.92. The number of anilines is 1. The summed E-state index contributed by atoms with van der Waals surface area (Å²) in [5.41, 5.74) is 2.58. The van der Waals surface area contributed by atoms with Gasteiger partial charge in [0.15, 0.2) is 0 Å². The van der Waals surface area contributed by atoms with Crippen molar-refractivity contribution in [1.29, 1.82) is 0 Å². The second-order valence-corrected chi connectivity index (χ2v) is 6.78. The summed E-state index contributed by atoms with van der Waals surface area (Å²) in [6.07, 6.45) is 8.25. The fourth-order valence-electron chi connectivity index (χ4n) is 2.84. The predicted octanol–water partition coefficient (Wildman–Crippen LogP) is 2.95. The number of hydrogen-bond donors (Lipinski definition) is 2. The lowest BCUT2D eigenvalue weighted by molar-refractivity contribution is 0.235. The van der Waals surface area contributed by atoms with E-state index in [9.17, 15) is 5.11 Å². The summed E-state index contributed by atoms with van der Waals surface area (Å²) in [6, 6.07) is 0.217. The predicted molar refractivity (Wildman–Crippen MR) is 81.9 cm³/mol. The van der Waals surface area contributed by atoms with Gasteiger partial charge in [-0.25, -0.2) is 9.97 Å². The van der Waals surface area contributed by atoms with Crippen LogP contribution in [0.1, 0.15) is 57.7 Å². The normalized spacial score (nSPS) is 17.2. The molecule has 0 saturated carbocycles. The Morgan fingerprint density at radius 2 is 1.95 bits per heavy atom. The Labute approximate surface area is 122 Å². The molecule has 4 nitrogen and oxygen atoms in total. The number of nitrogens with one attached hydrogen (secondary N) is 1. The van der Waals surface area contributed by atoms with Crippen LogP contribution < -0.4 is 5.32 Å². The van der Waals surface area contributed by atoms with Crippen LogP contribution in [0.5, 0.6) is 0 Å². The monoisotopic (exact) mass is 277 g/mol. The highest BCUT2D eigenvalue weighted by Gasteiger charge is 2.26. The van der Waals surface area contributed by atoms with Crippen LogP contribution >= 0.6 is 0 Å². The van der Waals surface area contributed by atoms with Gasteiger partial charge >= 0.3 is 0 Å². The van der Waals surface area contributed by atoms with Crippen LogP contribution in [0.4, 0.5) is 5.82 Å². The van der Waals surface area contributed by atoms with E-state index in [1.807, 2.05) is 0 Å². The van der Waals surface area contributed by atoms with E-state index in [1.165, 1.54) is 30.5 Å². The van der Waals surface area contributed by atoms with Crippen molar-refractivity contribution in [3.05, 3.63) is 17.6 Å². The highest BCUT2D eigenvalue weighted by molar-refractivity contribution is 5.47. The number of aliphatic hydroxyl groups excluding tert-OH is 1. The summed E-state index contributed by atoms with van der Waals surface area (Å²) < 4.78 is 0. The third-order valence-electron chi connectivity index (χ3n) is 4.15. The van der Waals surface area contributed by atoms with Crippen LogP contribution in [-0.2, 0) is 12.8 Å². The minimum Gasteiger partial charge on any atom is -0.396 e. The zero-order chi connectivity index (χ0) is 14.6. The number of nitrogens with zero attached hydrogens (tertiary/aromatic N) is 2. The van der Waals surface area contributed by atoms with Gasteiger partial charge in [0.25, 0.3) is 0 Å². The second-order valence-electron chi connectivity index (χ2n) is 6.78. The Bertz CT molecular complexity index is 440. The van der Waals surface area contributed by atoms with Gasteiger partial charge in [0.1, 0.15) is 12.1 Å². The van der Waals surface area contributed by atoms with Gasteiger partial charge in [0.2, 0.25) is 0 Å². The molecule has 1 heterocycles. The zero-order valence-corrected chi connectivity index (χ0v) is 12.9. The maximum absolute atomic E-state index is 9.29. The lowest BCUT2D eigenvalue weighted by Crippen LogP contribution is -2.35. The van der Waals surface area contributed by atoms with Gasteiger partial charge in [-0.15, -0.1) is 0 Å². The first-order chi connectivity index (χ1) is 9.52. The number of rotatable bonds is 4. The lowest BCUT2D eigenvalue weighted by Gasteiger charge is -2.32. The molecule has 1 aliphatic carbocycles. The average Bonchev–Trinajstić information content (AvgIpc) is 2.63. The topological polar surface area (TPSA) is 58.0 Å². The molecule has 1 aromatic heterocycles. The van der Waals surface area contributed by atoms with Gasteiger partial charge in [0.05, 0.1) is 0 Å². The highest BCUT2D eigenvalue weighted by Crippen LogP contribution is 2.29. The molecule has 1 aliphatic rings. The van der Waals surface area contributed by atoms with E-state index < -0.39 is 0 Å². The molecule has 0 radical (unpaired) electrons. The molecule has 0 aliphatic heterocycles. The Morgan fingerprint density at radius 1 is 1.20 bits per heavy atom. The number of fused-ring (bicyclic) bond motifs is 1. The minimum absolute atomic E-state index is 0.0886. The van der Waals surface area contributed by atoms with Crippen molar-refractivity contribution in [2.45, 2.75) is 65.3 Å². The molecular weight excluding hydrogens is 250 g/mol. The highest BCUT2D eigenvalue weighted by atomic mass is 16.3. The molecule has 0 aromatic carbocycles. The number of aliphatic hydroxyl groups is 1. The number of aromatic nitrogens is 2. The van der Waals surface area contributed by atoms with Gasteiger partial charge in [-0.3, -0.25) is 0 Å². The Hall–Kier alpha value is -1.16.